The van der Waals surface area contributed by atoms with Crippen molar-refractivity contribution in [3.05, 3.63) is 0 Å². The highest BCUT2D eigenvalue weighted by molar-refractivity contribution is 5.84. The van der Waals surface area contributed by atoms with E-state index < -0.39 is 30.2 Å². The van der Waals surface area contributed by atoms with Crippen LogP contribution in [0.5, 0.6) is 0 Å². The van der Waals surface area contributed by atoms with Crippen LogP contribution in [0.2, 0.25) is 0 Å². The lowest BCUT2D eigenvalue weighted by atomic mass is 9.89. The summed E-state index contributed by atoms with van der Waals surface area (Å²) < 4.78 is 12.3. The molecule has 106 valence electrons. The Labute approximate surface area is 106 Å². The zero-order chi connectivity index (χ0) is 14.2. The van der Waals surface area contributed by atoms with E-state index in [-0.39, 0.29) is 6.42 Å². The number of halogens is 1. The van der Waals surface area contributed by atoms with Crippen molar-refractivity contribution in [2.45, 2.75) is 57.6 Å². The topological polar surface area (TPSA) is 86.6 Å². The summed E-state index contributed by atoms with van der Waals surface area (Å²) in [6.45, 7) is 2.61. The Balaban J connectivity index is 4.46. The highest BCUT2D eigenvalue weighted by Crippen LogP contribution is 2.23. The van der Waals surface area contributed by atoms with E-state index in [4.69, 9.17) is 5.11 Å². The molecular weight excluding hydrogens is 241 g/mol. The second-order valence-corrected chi connectivity index (χ2v) is 4.51. The molecule has 0 saturated carbocycles. The minimum Gasteiger partial charge on any atom is -0.480 e. The summed E-state index contributed by atoms with van der Waals surface area (Å²) >= 11 is 0. The SMILES string of the molecule is CCCC(O)(CCC)CC(=O)NC(CF)C(=O)O. The van der Waals surface area contributed by atoms with E-state index in [1.54, 1.807) is 0 Å². The van der Waals surface area contributed by atoms with E-state index in [0.29, 0.717) is 12.8 Å². The fourth-order valence-corrected chi connectivity index (χ4v) is 1.94. The molecule has 1 amide bonds. The fourth-order valence-electron chi connectivity index (χ4n) is 1.94. The van der Waals surface area contributed by atoms with Crippen molar-refractivity contribution in [2.24, 2.45) is 0 Å². The largest absolute Gasteiger partial charge is 0.480 e. The first kappa shape index (κ1) is 16.8. The predicted molar refractivity (Wildman–Crippen MR) is 64.9 cm³/mol. The Hall–Kier alpha value is -1.17. The van der Waals surface area contributed by atoms with Crippen molar-refractivity contribution in [2.75, 3.05) is 6.67 Å². The van der Waals surface area contributed by atoms with Gasteiger partial charge >= 0.3 is 5.97 Å². The van der Waals surface area contributed by atoms with Gasteiger partial charge in [-0.05, 0) is 12.8 Å². The van der Waals surface area contributed by atoms with Crippen LogP contribution in [-0.4, -0.2) is 40.4 Å². The van der Waals surface area contributed by atoms with Crippen molar-refractivity contribution < 1.29 is 24.2 Å². The lowest BCUT2D eigenvalue weighted by molar-refractivity contribution is -0.143. The van der Waals surface area contributed by atoms with E-state index in [1.165, 1.54) is 0 Å². The van der Waals surface area contributed by atoms with Crippen LogP contribution in [0.25, 0.3) is 0 Å². The average Bonchev–Trinajstić information content (AvgIpc) is 2.25. The second-order valence-electron chi connectivity index (χ2n) is 4.51. The molecule has 0 aromatic rings. The van der Waals surface area contributed by atoms with Crippen molar-refractivity contribution in [1.29, 1.82) is 0 Å². The Morgan fingerprint density at radius 3 is 2.11 bits per heavy atom. The molecule has 18 heavy (non-hydrogen) atoms. The van der Waals surface area contributed by atoms with E-state index in [9.17, 15) is 19.1 Å². The van der Waals surface area contributed by atoms with Gasteiger partial charge in [-0.3, -0.25) is 4.79 Å². The Morgan fingerprint density at radius 1 is 1.28 bits per heavy atom. The van der Waals surface area contributed by atoms with Gasteiger partial charge < -0.3 is 15.5 Å². The number of aliphatic hydroxyl groups is 1. The lowest BCUT2D eigenvalue weighted by Crippen LogP contribution is -2.45. The number of aliphatic carboxylic acids is 1. The van der Waals surface area contributed by atoms with Gasteiger partial charge in [-0.2, -0.15) is 0 Å². The van der Waals surface area contributed by atoms with Crippen LogP contribution in [0.1, 0.15) is 46.0 Å². The van der Waals surface area contributed by atoms with E-state index in [1.807, 2.05) is 13.8 Å². The summed E-state index contributed by atoms with van der Waals surface area (Å²) in [5, 5.41) is 20.9. The predicted octanol–water partition coefficient (Wildman–Crippen LogP) is 1.25. The molecule has 0 bridgehead atoms. The van der Waals surface area contributed by atoms with Gasteiger partial charge in [0.1, 0.15) is 6.67 Å². The highest BCUT2D eigenvalue weighted by Gasteiger charge is 2.30. The maximum atomic E-state index is 12.3. The first-order chi connectivity index (χ1) is 8.38. The molecule has 0 saturated heterocycles. The molecule has 0 spiro atoms. The van der Waals surface area contributed by atoms with Gasteiger partial charge in [-0.25, -0.2) is 9.18 Å². The van der Waals surface area contributed by atoms with E-state index in [0.717, 1.165) is 12.8 Å². The number of carbonyl (C=O) groups excluding carboxylic acids is 1. The van der Waals surface area contributed by atoms with Gasteiger partial charge in [0.2, 0.25) is 5.91 Å². The minimum atomic E-state index is -1.54. The number of nitrogens with one attached hydrogen (secondary N) is 1. The molecule has 3 N–H and O–H groups in total. The molecule has 0 aliphatic heterocycles. The molecule has 0 radical (unpaired) electrons. The molecule has 5 nitrogen and oxygen atoms in total. The Kier molecular flexibility index (Phi) is 7.50. The third-order valence-corrected chi connectivity index (χ3v) is 2.71. The van der Waals surface area contributed by atoms with Crippen LogP contribution >= 0.6 is 0 Å². The van der Waals surface area contributed by atoms with Crippen LogP contribution in [0.15, 0.2) is 0 Å². The maximum Gasteiger partial charge on any atom is 0.328 e. The van der Waals surface area contributed by atoms with Crippen molar-refractivity contribution in [3.8, 4) is 0 Å². The first-order valence-corrected chi connectivity index (χ1v) is 6.19. The minimum absolute atomic E-state index is 0.196. The number of carboxylic acid groups (broad SMARTS) is 1. The van der Waals surface area contributed by atoms with Crippen molar-refractivity contribution in [3.63, 3.8) is 0 Å². The normalized spacial score (nSPS) is 13.1. The van der Waals surface area contributed by atoms with Crippen LogP contribution in [0.3, 0.4) is 0 Å². The van der Waals surface area contributed by atoms with E-state index >= 15 is 0 Å². The monoisotopic (exact) mass is 263 g/mol. The van der Waals surface area contributed by atoms with E-state index in [2.05, 4.69) is 5.32 Å². The Morgan fingerprint density at radius 2 is 1.78 bits per heavy atom. The molecular formula is C12H22FNO4. The molecule has 0 aromatic heterocycles. The smallest absolute Gasteiger partial charge is 0.328 e. The quantitative estimate of drug-likeness (QED) is 0.584. The van der Waals surface area contributed by atoms with Gasteiger partial charge in [0.15, 0.2) is 6.04 Å². The molecule has 0 heterocycles. The molecule has 0 aromatic carbocycles. The summed E-state index contributed by atoms with van der Waals surface area (Å²) in [5.41, 5.74) is -1.13. The summed E-state index contributed by atoms with van der Waals surface area (Å²) in [4.78, 5) is 22.1. The van der Waals surface area contributed by atoms with Gasteiger partial charge in [0.25, 0.3) is 0 Å². The number of amides is 1. The molecule has 0 aliphatic carbocycles. The third kappa shape index (κ3) is 5.95. The summed E-state index contributed by atoms with van der Waals surface area (Å²) in [6, 6.07) is -1.54. The lowest BCUT2D eigenvalue weighted by Gasteiger charge is -2.27. The Bertz CT molecular complexity index is 277. The number of hydrogen-bond acceptors (Lipinski definition) is 3. The number of hydrogen-bond donors (Lipinski definition) is 3. The number of alkyl halides is 1. The highest BCUT2D eigenvalue weighted by atomic mass is 19.1. The first-order valence-electron chi connectivity index (χ1n) is 6.19. The average molecular weight is 263 g/mol. The molecule has 6 heteroatoms. The van der Waals surface area contributed by atoms with Crippen LogP contribution in [0, 0.1) is 0 Å². The molecule has 1 unspecified atom stereocenters. The van der Waals surface area contributed by atoms with Gasteiger partial charge in [-0.15, -0.1) is 0 Å². The molecule has 0 fully saturated rings. The fraction of sp³-hybridized carbons (Fsp3) is 0.833. The maximum absolute atomic E-state index is 12.3. The summed E-state index contributed by atoms with van der Waals surface area (Å²) in [6.07, 6.45) is 2.16. The standard InChI is InChI=1S/C12H22FNO4/c1-3-5-12(18,6-4-2)7-10(15)14-9(8-13)11(16)17/h9,18H,3-8H2,1-2H3,(H,14,15)(H,16,17). The zero-order valence-electron chi connectivity index (χ0n) is 10.9. The van der Waals surface area contributed by atoms with Crippen molar-refractivity contribution in [1.82, 2.24) is 5.32 Å². The van der Waals surface area contributed by atoms with Crippen LogP contribution in [0.4, 0.5) is 4.39 Å². The summed E-state index contributed by atoms with van der Waals surface area (Å²) in [7, 11) is 0. The number of carboxylic acids is 1. The van der Waals surface area contributed by atoms with Crippen molar-refractivity contribution >= 4 is 11.9 Å². The second kappa shape index (κ2) is 8.02. The molecule has 1 atom stereocenters. The van der Waals surface area contributed by atoms with Crippen LogP contribution in [-0.2, 0) is 9.59 Å². The third-order valence-electron chi connectivity index (χ3n) is 2.71. The van der Waals surface area contributed by atoms with Gasteiger partial charge in [-0.1, -0.05) is 26.7 Å². The van der Waals surface area contributed by atoms with Gasteiger partial charge in [0, 0.05) is 0 Å². The summed E-state index contributed by atoms with van der Waals surface area (Å²) in [5.74, 6) is -2.05. The van der Waals surface area contributed by atoms with Gasteiger partial charge in [0.05, 0.1) is 12.0 Å². The van der Waals surface area contributed by atoms with Crippen LogP contribution < -0.4 is 5.32 Å². The zero-order valence-corrected chi connectivity index (χ0v) is 10.9. The molecule has 0 rings (SSSR count). The number of carbonyl (C=O) groups is 2. The molecule has 0 aliphatic rings. The number of rotatable bonds is 9.